The summed E-state index contributed by atoms with van der Waals surface area (Å²) in [7, 11) is 1.97. The molecule has 2 aromatic carbocycles. The molecule has 0 bridgehead atoms. The summed E-state index contributed by atoms with van der Waals surface area (Å²) in [6, 6.07) is 14.8. The van der Waals surface area contributed by atoms with E-state index in [9.17, 15) is 0 Å². The molecule has 0 aliphatic carbocycles. The molecule has 0 aliphatic rings. The molecule has 3 rings (SSSR count). The van der Waals surface area contributed by atoms with Crippen molar-refractivity contribution in [1.29, 1.82) is 0 Å². The van der Waals surface area contributed by atoms with Crippen molar-refractivity contribution in [2.45, 2.75) is 13.0 Å². The Morgan fingerprint density at radius 3 is 2.80 bits per heavy atom. The molecule has 0 amide bonds. The van der Waals surface area contributed by atoms with E-state index in [1.807, 2.05) is 30.1 Å². The largest absolute Gasteiger partial charge is 0.313 e. The van der Waals surface area contributed by atoms with Crippen molar-refractivity contribution < 1.29 is 0 Å². The third-order valence-corrected chi connectivity index (χ3v) is 4.09. The van der Waals surface area contributed by atoms with Crippen LogP contribution in [0.5, 0.6) is 0 Å². The van der Waals surface area contributed by atoms with Gasteiger partial charge in [-0.2, -0.15) is 5.10 Å². The van der Waals surface area contributed by atoms with Gasteiger partial charge >= 0.3 is 0 Å². The Morgan fingerprint density at radius 1 is 1.20 bits per heavy atom. The molecular formula is C16H16BrN3. The summed E-state index contributed by atoms with van der Waals surface area (Å²) in [4.78, 5) is 0. The van der Waals surface area contributed by atoms with Crippen LogP contribution in [0.4, 0.5) is 0 Å². The van der Waals surface area contributed by atoms with Crippen molar-refractivity contribution in [2.24, 2.45) is 0 Å². The van der Waals surface area contributed by atoms with E-state index >= 15 is 0 Å². The van der Waals surface area contributed by atoms with E-state index in [2.05, 4.69) is 63.6 Å². The zero-order valence-corrected chi connectivity index (χ0v) is 13.1. The molecule has 4 heteroatoms. The summed E-state index contributed by atoms with van der Waals surface area (Å²) in [5, 5.41) is 9.00. The molecule has 3 aromatic rings. The second kappa shape index (κ2) is 5.38. The molecule has 1 heterocycles. The molecule has 20 heavy (non-hydrogen) atoms. The standard InChI is InChI=1S/C16H16BrN3/c1-11(18-2)14-8-7-13(17)9-16(14)20-15-6-4-3-5-12(15)10-19-20/h3-11,18H,1-2H3. The van der Waals surface area contributed by atoms with Crippen molar-refractivity contribution in [1.82, 2.24) is 15.1 Å². The maximum atomic E-state index is 4.55. The van der Waals surface area contributed by atoms with Crippen LogP contribution < -0.4 is 5.32 Å². The number of benzene rings is 2. The second-order valence-corrected chi connectivity index (χ2v) is 5.74. The lowest BCUT2D eigenvalue weighted by Gasteiger charge is -2.17. The molecule has 0 radical (unpaired) electrons. The number of rotatable bonds is 3. The third kappa shape index (κ3) is 2.25. The fourth-order valence-corrected chi connectivity index (χ4v) is 2.73. The average Bonchev–Trinajstić information content (AvgIpc) is 2.90. The van der Waals surface area contributed by atoms with E-state index in [0.29, 0.717) is 0 Å². The molecule has 1 N–H and O–H groups in total. The minimum Gasteiger partial charge on any atom is -0.313 e. The summed E-state index contributed by atoms with van der Waals surface area (Å²) >= 11 is 3.56. The number of nitrogens with one attached hydrogen (secondary N) is 1. The highest BCUT2D eigenvalue weighted by Gasteiger charge is 2.13. The number of hydrogen-bond donors (Lipinski definition) is 1. The summed E-state index contributed by atoms with van der Waals surface area (Å²) < 4.78 is 3.06. The van der Waals surface area contributed by atoms with Crippen LogP contribution in [0.1, 0.15) is 18.5 Å². The average molecular weight is 330 g/mol. The lowest BCUT2D eigenvalue weighted by molar-refractivity contribution is 0.645. The Bertz CT molecular complexity index is 748. The molecule has 0 fully saturated rings. The van der Waals surface area contributed by atoms with Crippen LogP contribution in [-0.2, 0) is 0 Å². The highest BCUT2D eigenvalue weighted by Crippen LogP contribution is 2.27. The van der Waals surface area contributed by atoms with E-state index in [-0.39, 0.29) is 6.04 Å². The number of halogens is 1. The van der Waals surface area contributed by atoms with Crippen LogP contribution in [0.15, 0.2) is 53.1 Å². The predicted octanol–water partition coefficient (Wildman–Crippen LogP) is 4.07. The number of para-hydroxylation sites is 1. The molecule has 0 saturated carbocycles. The molecule has 3 nitrogen and oxygen atoms in total. The quantitative estimate of drug-likeness (QED) is 0.785. The van der Waals surface area contributed by atoms with Crippen LogP contribution in [0.3, 0.4) is 0 Å². The number of fused-ring (bicyclic) bond motifs is 1. The fraction of sp³-hybridized carbons (Fsp3) is 0.188. The minimum atomic E-state index is 0.265. The Labute approximate surface area is 126 Å². The van der Waals surface area contributed by atoms with E-state index in [1.54, 1.807) is 0 Å². The van der Waals surface area contributed by atoms with Crippen LogP contribution in [0, 0.1) is 0 Å². The van der Waals surface area contributed by atoms with Gasteiger partial charge in [-0.15, -0.1) is 0 Å². The molecule has 1 atom stereocenters. The van der Waals surface area contributed by atoms with E-state index in [1.165, 1.54) is 5.56 Å². The van der Waals surface area contributed by atoms with Gasteiger partial charge in [-0.1, -0.05) is 40.2 Å². The Kier molecular flexibility index (Phi) is 3.59. The smallest absolute Gasteiger partial charge is 0.0741 e. The van der Waals surface area contributed by atoms with Gasteiger partial charge in [0.1, 0.15) is 0 Å². The summed E-state index contributed by atoms with van der Waals surface area (Å²) in [6.07, 6.45) is 1.91. The molecule has 1 aromatic heterocycles. The highest BCUT2D eigenvalue weighted by molar-refractivity contribution is 9.10. The number of nitrogens with zero attached hydrogens (tertiary/aromatic N) is 2. The Hall–Kier alpha value is -1.65. The van der Waals surface area contributed by atoms with Crippen LogP contribution in [0.25, 0.3) is 16.6 Å². The first-order chi connectivity index (χ1) is 9.70. The Morgan fingerprint density at radius 2 is 2.00 bits per heavy atom. The maximum absolute atomic E-state index is 4.55. The van der Waals surface area contributed by atoms with E-state index in [0.717, 1.165) is 21.1 Å². The van der Waals surface area contributed by atoms with E-state index < -0.39 is 0 Å². The highest BCUT2D eigenvalue weighted by atomic mass is 79.9. The monoisotopic (exact) mass is 329 g/mol. The first-order valence-electron chi connectivity index (χ1n) is 6.60. The van der Waals surface area contributed by atoms with Crippen LogP contribution >= 0.6 is 15.9 Å². The second-order valence-electron chi connectivity index (χ2n) is 4.83. The first kappa shape index (κ1) is 13.3. The molecule has 102 valence electrons. The SMILES string of the molecule is CNC(C)c1ccc(Br)cc1-n1ncc2ccccc21. The van der Waals surface area contributed by atoms with Crippen molar-refractivity contribution >= 4 is 26.8 Å². The Balaban J connectivity index is 2.25. The molecular weight excluding hydrogens is 314 g/mol. The van der Waals surface area contributed by atoms with Gasteiger partial charge in [0, 0.05) is 15.9 Å². The van der Waals surface area contributed by atoms with Crippen LogP contribution in [0.2, 0.25) is 0 Å². The maximum Gasteiger partial charge on any atom is 0.0741 e. The topological polar surface area (TPSA) is 29.9 Å². The minimum absolute atomic E-state index is 0.265. The van der Waals surface area contributed by atoms with Gasteiger partial charge in [-0.3, -0.25) is 0 Å². The first-order valence-corrected chi connectivity index (χ1v) is 7.40. The van der Waals surface area contributed by atoms with Crippen LogP contribution in [-0.4, -0.2) is 16.8 Å². The van der Waals surface area contributed by atoms with Gasteiger partial charge in [0.2, 0.25) is 0 Å². The van der Waals surface area contributed by atoms with Crippen molar-refractivity contribution in [2.75, 3.05) is 7.05 Å². The molecule has 1 unspecified atom stereocenters. The summed E-state index contributed by atoms with van der Waals surface area (Å²) in [6.45, 7) is 2.15. The number of hydrogen-bond acceptors (Lipinski definition) is 2. The predicted molar refractivity (Wildman–Crippen MR) is 86.2 cm³/mol. The normalized spacial score (nSPS) is 12.8. The van der Waals surface area contributed by atoms with E-state index in [4.69, 9.17) is 0 Å². The van der Waals surface area contributed by atoms with Gasteiger partial charge < -0.3 is 5.32 Å². The van der Waals surface area contributed by atoms with Gasteiger partial charge in [0.15, 0.2) is 0 Å². The zero-order chi connectivity index (χ0) is 14.1. The summed E-state index contributed by atoms with van der Waals surface area (Å²) in [5.41, 5.74) is 3.45. The zero-order valence-electron chi connectivity index (χ0n) is 11.5. The lowest BCUT2D eigenvalue weighted by Crippen LogP contribution is -2.15. The van der Waals surface area contributed by atoms with Crippen molar-refractivity contribution in [3.8, 4) is 5.69 Å². The van der Waals surface area contributed by atoms with Gasteiger partial charge in [-0.25, -0.2) is 4.68 Å². The lowest BCUT2D eigenvalue weighted by atomic mass is 10.1. The van der Waals surface area contributed by atoms with Gasteiger partial charge in [0.05, 0.1) is 17.4 Å². The van der Waals surface area contributed by atoms with Gasteiger partial charge in [0.25, 0.3) is 0 Å². The van der Waals surface area contributed by atoms with Crippen molar-refractivity contribution in [3.05, 3.63) is 58.7 Å². The third-order valence-electron chi connectivity index (χ3n) is 3.60. The molecule has 0 aliphatic heterocycles. The summed E-state index contributed by atoms with van der Waals surface area (Å²) in [5.74, 6) is 0. The molecule has 0 saturated heterocycles. The number of aromatic nitrogens is 2. The van der Waals surface area contributed by atoms with Gasteiger partial charge in [-0.05, 0) is 37.7 Å². The fourth-order valence-electron chi connectivity index (χ4n) is 2.39. The molecule has 0 spiro atoms. The van der Waals surface area contributed by atoms with Crippen molar-refractivity contribution in [3.63, 3.8) is 0 Å².